The predicted octanol–water partition coefficient (Wildman–Crippen LogP) is 1.31. The topological polar surface area (TPSA) is 68.2 Å². The summed E-state index contributed by atoms with van der Waals surface area (Å²) in [5.74, 6) is -0.0468. The van der Waals surface area contributed by atoms with Crippen molar-refractivity contribution in [3.63, 3.8) is 0 Å². The molecular weight excluding hydrogens is 240 g/mol. The number of hydrogen-bond acceptors (Lipinski definition) is 4. The number of nitrogens with zero attached hydrogens (tertiary/aromatic N) is 2. The average molecular weight is 258 g/mol. The lowest BCUT2D eigenvalue weighted by atomic mass is 10.0. The van der Waals surface area contributed by atoms with Crippen molar-refractivity contribution in [3.8, 4) is 6.07 Å². The number of amides is 1. The van der Waals surface area contributed by atoms with Gasteiger partial charge >= 0.3 is 0 Å². The monoisotopic (exact) mass is 258 g/mol. The van der Waals surface area contributed by atoms with Gasteiger partial charge < -0.3 is 15.5 Å². The van der Waals surface area contributed by atoms with Gasteiger partial charge in [-0.15, -0.1) is 0 Å². The van der Waals surface area contributed by atoms with E-state index in [2.05, 4.69) is 30.6 Å². The van der Waals surface area contributed by atoms with Crippen LogP contribution in [0.3, 0.4) is 0 Å². The fourth-order valence-corrected chi connectivity index (χ4v) is 2.13. The van der Waals surface area contributed by atoms with Crippen LogP contribution in [0.1, 0.15) is 19.4 Å². The predicted molar refractivity (Wildman–Crippen MR) is 75.1 cm³/mol. The van der Waals surface area contributed by atoms with E-state index in [1.807, 2.05) is 18.0 Å². The molecule has 0 spiro atoms. The summed E-state index contributed by atoms with van der Waals surface area (Å²) in [5, 5.41) is 15.0. The van der Waals surface area contributed by atoms with E-state index in [1.165, 1.54) is 0 Å². The molecule has 5 nitrogen and oxygen atoms in total. The molecule has 0 aromatic heterocycles. The van der Waals surface area contributed by atoms with Gasteiger partial charge in [0.2, 0.25) is 5.91 Å². The van der Waals surface area contributed by atoms with Crippen molar-refractivity contribution in [1.82, 2.24) is 5.32 Å². The van der Waals surface area contributed by atoms with Gasteiger partial charge in [0.15, 0.2) is 0 Å². The molecule has 2 N–H and O–H groups in total. The SMILES string of the molecule is CNC(C)(C)CN1CC(=O)Nc2cc(C#N)ccc21. The van der Waals surface area contributed by atoms with Crippen LogP contribution in [-0.4, -0.2) is 31.6 Å². The molecule has 0 fully saturated rings. The van der Waals surface area contributed by atoms with Gasteiger partial charge in [0.1, 0.15) is 0 Å². The Labute approximate surface area is 113 Å². The quantitative estimate of drug-likeness (QED) is 0.858. The molecule has 1 heterocycles. The summed E-state index contributed by atoms with van der Waals surface area (Å²) >= 11 is 0. The van der Waals surface area contributed by atoms with E-state index in [0.29, 0.717) is 17.8 Å². The minimum absolute atomic E-state index is 0.0468. The molecule has 1 aliphatic rings. The lowest BCUT2D eigenvalue weighted by Gasteiger charge is -2.37. The number of likely N-dealkylation sites (N-methyl/N-ethyl adjacent to an activating group) is 1. The molecule has 5 heteroatoms. The second-order valence-corrected chi connectivity index (χ2v) is 5.38. The molecule has 19 heavy (non-hydrogen) atoms. The summed E-state index contributed by atoms with van der Waals surface area (Å²) in [5.41, 5.74) is 2.13. The summed E-state index contributed by atoms with van der Waals surface area (Å²) in [6, 6.07) is 7.46. The number of carbonyl (C=O) groups excluding carboxylic acids is 1. The fourth-order valence-electron chi connectivity index (χ4n) is 2.13. The van der Waals surface area contributed by atoms with Gasteiger partial charge in [-0.1, -0.05) is 0 Å². The molecule has 1 aromatic carbocycles. The van der Waals surface area contributed by atoms with Gasteiger partial charge in [-0.2, -0.15) is 5.26 Å². The summed E-state index contributed by atoms with van der Waals surface area (Å²) in [6.45, 7) is 5.23. The molecule has 0 bridgehead atoms. The molecule has 1 amide bonds. The van der Waals surface area contributed by atoms with Gasteiger partial charge in [-0.25, -0.2) is 0 Å². The summed E-state index contributed by atoms with van der Waals surface area (Å²) < 4.78 is 0. The Morgan fingerprint density at radius 2 is 2.26 bits per heavy atom. The number of fused-ring (bicyclic) bond motifs is 1. The Hall–Kier alpha value is -2.06. The van der Waals surface area contributed by atoms with E-state index in [4.69, 9.17) is 5.26 Å². The van der Waals surface area contributed by atoms with Crippen molar-refractivity contribution in [3.05, 3.63) is 23.8 Å². The minimum atomic E-state index is -0.0945. The molecular formula is C14H18N4O. The summed E-state index contributed by atoms with van der Waals surface area (Å²) in [7, 11) is 1.91. The van der Waals surface area contributed by atoms with E-state index >= 15 is 0 Å². The molecule has 0 saturated carbocycles. The maximum Gasteiger partial charge on any atom is 0.243 e. The zero-order chi connectivity index (χ0) is 14.0. The van der Waals surface area contributed by atoms with Crippen LogP contribution in [0.2, 0.25) is 0 Å². The second-order valence-electron chi connectivity index (χ2n) is 5.38. The van der Waals surface area contributed by atoms with Gasteiger partial charge in [-0.3, -0.25) is 4.79 Å². The molecule has 0 unspecified atom stereocenters. The first-order valence-electron chi connectivity index (χ1n) is 6.23. The maximum atomic E-state index is 11.8. The van der Waals surface area contributed by atoms with E-state index < -0.39 is 0 Å². The summed E-state index contributed by atoms with van der Waals surface area (Å²) in [6.07, 6.45) is 0. The summed E-state index contributed by atoms with van der Waals surface area (Å²) in [4.78, 5) is 13.8. The van der Waals surface area contributed by atoms with Crippen LogP contribution in [0, 0.1) is 11.3 Å². The lowest BCUT2D eigenvalue weighted by molar-refractivity contribution is -0.115. The smallest absolute Gasteiger partial charge is 0.243 e. The highest BCUT2D eigenvalue weighted by molar-refractivity contribution is 6.01. The highest BCUT2D eigenvalue weighted by Crippen LogP contribution is 2.31. The molecule has 1 aliphatic heterocycles. The molecule has 0 saturated heterocycles. The zero-order valence-corrected chi connectivity index (χ0v) is 11.4. The maximum absolute atomic E-state index is 11.8. The molecule has 0 aliphatic carbocycles. The van der Waals surface area contributed by atoms with Crippen LogP contribution in [-0.2, 0) is 4.79 Å². The highest BCUT2D eigenvalue weighted by atomic mass is 16.2. The van der Waals surface area contributed by atoms with Gasteiger partial charge in [0.25, 0.3) is 0 Å². The van der Waals surface area contributed by atoms with Crippen LogP contribution >= 0.6 is 0 Å². The van der Waals surface area contributed by atoms with Crippen LogP contribution in [0.5, 0.6) is 0 Å². The third-order valence-electron chi connectivity index (χ3n) is 3.34. The van der Waals surface area contributed by atoms with Crippen molar-refractivity contribution in [2.24, 2.45) is 0 Å². The first-order valence-corrected chi connectivity index (χ1v) is 6.23. The van der Waals surface area contributed by atoms with Gasteiger partial charge in [0.05, 0.1) is 29.6 Å². The molecule has 0 atom stereocenters. The van der Waals surface area contributed by atoms with Crippen LogP contribution < -0.4 is 15.5 Å². The molecule has 0 radical (unpaired) electrons. The molecule has 100 valence electrons. The fraction of sp³-hybridized carbons (Fsp3) is 0.429. The van der Waals surface area contributed by atoms with Crippen molar-refractivity contribution in [2.75, 3.05) is 30.4 Å². The number of rotatable bonds is 3. The normalized spacial score (nSPS) is 14.6. The van der Waals surface area contributed by atoms with E-state index in [-0.39, 0.29) is 11.4 Å². The van der Waals surface area contributed by atoms with Crippen LogP contribution in [0.25, 0.3) is 0 Å². The Morgan fingerprint density at radius 3 is 2.89 bits per heavy atom. The lowest BCUT2D eigenvalue weighted by Crippen LogP contribution is -2.51. The van der Waals surface area contributed by atoms with Crippen molar-refractivity contribution >= 4 is 17.3 Å². The highest BCUT2D eigenvalue weighted by Gasteiger charge is 2.27. The van der Waals surface area contributed by atoms with E-state index in [9.17, 15) is 4.79 Å². The number of nitriles is 1. The van der Waals surface area contributed by atoms with Gasteiger partial charge in [0, 0.05) is 12.1 Å². The third kappa shape index (κ3) is 2.85. The van der Waals surface area contributed by atoms with Crippen molar-refractivity contribution in [1.29, 1.82) is 5.26 Å². The van der Waals surface area contributed by atoms with Crippen LogP contribution in [0.4, 0.5) is 11.4 Å². The van der Waals surface area contributed by atoms with Crippen LogP contribution in [0.15, 0.2) is 18.2 Å². The Morgan fingerprint density at radius 1 is 1.53 bits per heavy atom. The number of nitrogens with one attached hydrogen (secondary N) is 2. The molecule has 1 aromatic rings. The zero-order valence-electron chi connectivity index (χ0n) is 11.4. The second kappa shape index (κ2) is 4.90. The largest absolute Gasteiger partial charge is 0.359 e. The Bertz CT molecular complexity index is 545. The number of carbonyl (C=O) groups is 1. The van der Waals surface area contributed by atoms with E-state index in [1.54, 1.807) is 12.1 Å². The van der Waals surface area contributed by atoms with Crippen molar-refractivity contribution < 1.29 is 4.79 Å². The number of benzene rings is 1. The van der Waals surface area contributed by atoms with Gasteiger partial charge in [-0.05, 0) is 39.1 Å². The Balaban J connectivity index is 2.34. The first-order chi connectivity index (χ1) is 8.95. The minimum Gasteiger partial charge on any atom is -0.359 e. The average Bonchev–Trinajstić information content (AvgIpc) is 2.37. The van der Waals surface area contributed by atoms with Crippen molar-refractivity contribution in [2.45, 2.75) is 19.4 Å². The van der Waals surface area contributed by atoms with E-state index in [0.717, 1.165) is 12.2 Å². The molecule has 2 rings (SSSR count). The Kier molecular flexibility index (Phi) is 3.45. The third-order valence-corrected chi connectivity index (χ3v) is 3.34. The standard InChI is InChI=1S/C14H18N4O/c1-14(2,16-3)9-18-8-13(19)17-11-6-10(7-15)4-5-12(11)18/h4-6,16H,8-9H2,1-3H3,(H,17,19). The number of hydrogen-bond donors (Lipinski definition) is 2. The first kappa shape index (κ1) is 13.4. The number of anilines is 2.